The summed E-state index contributed by atoms with van der Waals surface area (Å²) < 4.78 is 6.72. The van der Waals surface area contributed by atoms with Crippen LogP contribution >= 0.6 is 11.3 Å². The highest BCUT2D eigenvalue weighted by atomic mass is 32.1. The number of nitrogen functional groups attached to an aromatic ring is 1. The van der Waals surface area contributed by atoms with Crippen LogP contribution in [-0.4, -0.2) is 16.2 Å². The van der Waals surface area contributed by atoms with Crippen molar-refractivity contribution in [2.24, 2.45) is 4.99 Å². The molecule has 0 amide bonds. The summed E-state index contributed by atoms with van der Waals surface area (Å²) in [5.74, 6) is -0.323. The zero-order valence-electron chi connectivity index (χ0n) is 15.7. The Morgan fingerprint density at radius 2 is 2.00 bits per heavy atom. The van der Waals surface area contributed by atoms with Gasteiger partial charge in [0.25, 0.3) is 6.20 Å². The van der Waals surface area contributed by atoms with Crippen LogP contribution in [0.5, 0.6) is 0 Å². The summed E-state index contributed by atoms with van der Waals surface area (Å²) in [6.07, 6.45) is 7.10. The molecule has 0 saturated heterocycles. The molecule has 0 radical (unpaired) electrons. The number of pyridine rings is 1. The van der Waals surface area contributed by atoms with E-state index < -0.39 is 5.90 Å². The van der Waals surface area contributed by atoms with Crippen molar-refractivity contribution < 1.29 is 14.3 Å². The third-order valence-electron chi connectivity index (χ3n) is 5.13. The molecule has 0 aliphatic heterocycles. The number of para-hydroxylation sites is 1. The third kappa shape index (κ3) is 3.36. The molecule has 7 nitrogen and oxygen atoms in total. The second-order valence-electron chi connectivity index (χ2n) is 7.09. The first-order chi connectivity index (χ1) is 14.2. The number of anilines is 1. The smallest absolute Gasteiger partial charge is 0.321 e. The number of hydrogen-bond acceptors (Lipinski definition) is 7. The number of nitrogens with two attached hydrogens (primary N) is 1. The molecule has 0 saturated carbocycles. The lowest BCUT2D eigenvalue weighted by atomic mass is 10.1. The fourth-order valence-corrected chi connectivity index (χ4v) is 4.62. The number of hydrogen-bond donors (Lipinski definition) is 1. The van der Waals surface area contributed by atoms with Gasteiger partial charge in [0, 0.05) is 29.1 Å². The van der Waals surface area contributed by atoms with Gasteiger partial charge in [0.1, 0.15) is 4.83 Å². The number of aryl methyl sites for hydroxylation is 2. The lowest BCUT2D eigenvalue weighted by Gasteiger charge is -2.07. The number of aromatic nitrogens is 3. The Morgan fingerprint density at radius 3 is 2.86 bits per heavy atom. The van der Waals surface area contributed by atoms with Gasteiger partial charge in [0.05, 0.1) is 10.6 Å². The summed E-state index contributed by atoms with van der Waals surface area (Å²) in [4.78, 5) is 10.0. The van der Waals surface area contributed by atoms with E-state index in [9.17, 15) is 5.11 Å². The highest BCUT2D eigenvalue weighted by Crippen LogP contribution is 2.35. The van der Waals surface area contributed by atoms with Crippen LogP contribution in [0.4, 0.5) is 11.6 Å². The molecule has 2 N–H and O–H groups in total. The number of aliphatic imine (C=N–C) groups is 1. The molecule has 3 aromatic heterocycles. The van der Waals surface area contributed by atoms with Crippen LogP contribution in [0, 0.1) is 0 Å². The molecule has 4 aromatic rings. The normalized spacial score (nSPS) is 14.7. The number of fused-ring (bicyclic) bond motifs is 2. The fraction of sp³-hybridized carbons (Fsp3) is 0.238. The molecular formula is C21H19N5O2S. The zero-order valence-corrected chi connectivity index (χ0v) is 16.5. The Hall–Kier alpha value is -3.26. The van der Waals surface area contributed by atoms with E-state index in [1.165, 1.54) is 28.0 Å². The first-order valence-electron chi connectivity index (χ1n) is 9.60. The monoisotopic (exact) mass is 405 g/mol. The first-order valence-corrected chi connectivity index (χ1v) is 10.4. The minimum Gasteiger partial charge on any atom is -0.857 e. The van der Waals surface area contributed by atoms with Gasteiger partial charge in [-0.1, -0.05) is 24.6 Å². The average molecular weight is 405 g/mol. The third-order valence-corrected chi connectivity index (χ3v) is 6.23. The summed E-state index contributed by atoms with van der Waals surface area (Å²) >= 11 is 1.29. The summed E-state index contributed by atoms with van der Waals surface area (Å²) in [5.41, 5.74) is 9.93. The van der Waals surface area contributed by atoms with E-state index in [1.807, 2.05) is 30.3 Å². The summed E-state index contributed by atoms with van der Waals surface area (Å²) in [5, 5.41) is 17.5. The van der Waals surface area contributed by atoms with Gasteiger partial charge in [-0.05, 0) is 42.0 Å². The number of rotatable bonds is 3. The molecule has 8 heteroatoms. The SMILES string of the molecule is Nc1c(/C([O-])=N/c2c[n+](-c3ccccc3)no2)sc2nc3c(cc12)CCCCC3. The summed E-state index contributed by atoms with van der Waals surface area (Å²) in [7, 11) is 0. The second kappa shape index (κ2) is 7.29. The standard InChI is InChI=1S/C21H19N5O2S/c22-18-15-11-13-7-3-1-6-10-16(13)23-21(15)29-19(18)20(27)24-17-12-26(25-28-17)14-8-4-2-5-9-14/h2,4-5,8-9,11-12H,1,3,6-7,10H2,(H2-,22,24,25,27). The highest BCUT2D eigenvalue weighted by Gasteiger charge is 2.18. The van der Waals surface area contributed by atoms with Crippen LogP contribution in [0.25, 0.3) is 15.9 Å². The first kappa shape index (κ1) is 17.8. The number of thiophene rings is 1. The predicted octanol–water partition coefficient (Wildman–Crippen LogP) is 2.85. The van der Waals surface area contributed by atoms with E-state index in [2.05, 4.69) is 16.3 Å². The molecule has 3 heterocycles. The van der Waals surface area contributed by atoms with Crippen molar-refractivity contribution in [2.75, 3.05) is 5.73 Å². The quantitative estimate of drug-likeness (QED) is 0.244. The van der Waals surface area contributed by atoms with Gasteiger partial charge in [0.15, 0.2) is 0 Å². The van der Waals surface area contributed by atoms with E-state index in [0.29, 0.717) is 10.6 Å². The Kier molecular flexibility index (Phi) is 4.48. The molecule has 0 bridgehead atoms. The van der Waals surface area contributed by atoms with Crippen molar-refractivity contribution in [3.05, 3.63) is 58.7 Å². The van der Waals surface area contributed by atoms with Crippen LogP contribution in [0.2, 0.25) is 0 Å². The molecular weight excluding hydrogens is 386 g/mol. The Morgan fingerprint density at radius 1 is 1.17 bits per heavy atom. The minimum absolute atomic E-state index is 0.124. The molecule has 0 fully saturated rings. The molecule has 0 spiro atoms. The van der Waals surface area contributed by atoms with E-state index in [0.717, 1.165) is 47.3 Å². The van der Waals surface area contributed by atoms with Crippen LogP contribution in [0.15, 0.2) is 52.1 Å². The number of benzene rings is 1. The zero-order chi connectivity index (χ0) is 19.8. The van der Waals surface area contributed by atoms with E-state index >= 15 is 0 Å². The molecule has 0 unspecified atom stereocenters. The lowest BCUT2D eigenvalue weighted by Crippen LogP contribution is -2.30. The van der Waals surface area contributed by atoms with Crippen molar-refractivity contribution in [2.45, 2.75) is 32.1 Å². The predicted molar refractivity (Wildman–Crippen MR) is 110 cm³/mol. The van der Waals surface area contributed by atoms with E-state index in [-0.39, 0.29) is 5.88 Å². The summed E-state index contributed by atoms with van der Waals surface area (Å²) in [6.45, 7) is 0. The molecule has 1 aliphatic rings. The van der Waals surface area contributed by atoms with Gasteiger partial charge >= 0.3 is 5.88 Å². The van der Waals surface area contributed by atoms with E-state index in [1.54, 1.807) is 6.20 Å². The van der Waals surface area contributed by atoms with E-state index in [4.69, 9.17) is 15.2 Å². The Labute approximate surface area is 171 Å². The Bertz CT molecular complexity index is 1210. The van der Waals surface area contributed by atoms with Gasteiger partial charge in [-0.2, -0.15) is 0 Å². The maximum absolute atomic E-state index is 12.8. The van der Waals surface area contributed by atoms with Crippen LogP contribution in [0.1, 0.15) is 35.4 Å². The second-order valence-corrected chi connectivity index (χ2v) is 8.09. The average Bonchev–Trinajstić information content (AvgIpc) is 3.24. The van der Waals surface area contributed by atoms with Gasteiger partial charge in [-0.15, -0.1) is 11.3 Å². The minimum atomic E-state index is -0.447. The number of nitrogens with zero attached hydrogens (tertiary/aromatic N) is 4. The Balaban J connectivity index is 1.50. The molecule has 29 heavy (non-hydrogen) atoms. The van der Waals surface area contributed by atoms with Crippen LogP contribution in [0.3, 0.4) is 0 Å². The van der Waals surface area contributed by atoms with Crippen LogP contribution in [-0.2, 0) is 12.8 Å². The lowest BCUT2D eigenvalue weighted by molar-refractivity contribution is -0.670. The van der Waals surface area contributed by atoms with Crippen molar-refractivity contribution >= 4 is 39.0 Å². The van der Waals surface area contributed by atoms with Crippen molar-refractivity contribution in [1.82, 2.24) is 10.3 Å². The topological polar surface area (TPSA) is 104 Å². The van der Waals surface area contributed by atoms with Gasteiger partial charge in [0.2, 0.25) is 11.0 Å². The highest BCUT2D eigenvalue weighted by molar-refractivity contribution is 7.21. The van der Waals surface area contributed by atoms with Gasteiger partial charge in [-0.3, -0.25) is 4.52 Å². The van der Waals surface area contributed by atoms with Crippen molar-refractivity contribution in [3.8, 4) is 5.69 Å². The van der Waals surface area contributed by atoms with Gasteiger partial charge in [-0.25, -0.2) is 9.98 Å². The maximum atomic E-state index is 12.8. The van der Waals surface area contributed by atoms with Crippen LogP contribution < -0.4 is 15.5 Å². The summed E-state index contributed by atoms with van der Waals surface area (Å²) in [6, 6.07) is 11.6. The van der Waals surface area contributed by atoms with Gasteiger partial charge < -0.3 is 10.8 Å². The maximum Gasteiger partial charge on any atom is 0.321 e. The fourth-order valence-electron chi connectivity index (χ4n) is 3.64. The molecule has 1 aliphatic carbocycles. The van der Waals surface area contributed by atoms with Crippen molar-refractivity contribution in [1.29, 1.82) is 0 Å². The van der Waals surface area contributed by atoms with Crippen molar-refractivity contribution in [3.63, 3.8) is 0 Å². The largest absolute Gasteiger partial charge is 0.857 e. The molecule has 0 atom stereocenters. The molecule has 5 rings (SSSR count). The molecule has 146 valence electrons. The molecule has 1 aromatic carbocycles.